The van der Waals surface area contributed by atoms with Gasteiger partial charge in [0.2, 0.25) is 5.91 Å². The van der Waals surface area contributed by atoms with E-state index in [1.54, 1.807) is 0 Å². The highest BCUT2D eigenvalue weighted by Crippen LogP contribution is 2.22. The van der Waals surface area contributed by atoms with Crippen LogP contribution in [0.4, 0.5) is 15.8 Å². The number of anilines is 2. The van der Waals surface area contributed by atoms with E-state index in [-0.39, 0.29) is 11.6 Å². The quantitative estimate of drug-likeness (QED) is 0.821. The SMILES string of the molecule is CN(CCC(=O)Nc1cc(N)ccc1F)C1CCCCC1. The van der Waals surface area contributed by atoms with E-state index < -0.39 is 5.82 Å². The molecule has 0 bridgehead atoms. The third-order valence-electron chi connectivity index (χ3n) is 4.15. The number of nitrogens with two attached hydrogens (primary N) is 1. The Kier molecular flexibility index (Phi) is 5.56. The van der Waals surface area contributed by atoms with E-state index >= 15 is 0 Å². The molecule has 0 spiro atoms. The van der Waals surface area contributed by atoms with E-state index in [2.05, 4.69) is 17.3 Å². The van der Waals surface area contributed by atoms with Crippen LogP contribution in [-0.4, -0.2) is 30.4 Å². The zero-order valence-corrected chi connectivity index (χ0v) is 12.6. The maximum Gasteiger partial charge on any atom is 0.225 e. The van der Waals surface area contributed by atoms with Gasteiger partial charge in [-0.3, -0.25) is 4.79 Å². The second kappa shape index (κ2) is 7.41. The molecule has 1 fully saturated rings. The van der Waals surface area contributed by atoms with Crippen LogP contribution in [0.2, 0.25) is 0 Å². The lowest BCUT2D eigenvalue weighted by Crippen LogP contribution is -2.35. The Labute approximate surface area is 125 Å². The van der Waals surface area contributed by atoms with E-state index in [0.29, 0.717) is 24.7 Å². The van der Waals surface area contributed by atoms with Crippen molar-refractivity contribution < 1.29 is 9.18 Å². The van der Waals surface area contributed by atoms with Gasteiger partial charge in [0.1, 0.15) is 5.82 Å². The Balaban J connectivity index is 1.80. The topological polar surface area (TPSA) is 58.4 Å². The summed E-state index contributed by atoms with van der Waals surface area (Å²) in [7, 11) is 2.06. The van der Waals surface area contributed by atoms with Crippen molar-refractivity contribution in [2.45, 2.75) is 44.6 Å². The molecular formula is C16H24FN3O. The Morgan fingerprint density at radius 1 is 1.38 bits per heavy atom. The molecule has 0 aromatic heterocycles. The number of nitrogens with one attached hydrogen (secondary N) is 1. The highest BCUT2D eigenvalue weighted by atomic mass is 19.1. The minimum Gasteiger partial charge on any atom is -0.399 e. The molecule has 0 saturated heterocycles. The van der Waals surface area contributed by atoms with Crippen molar-refractivity contribution in [3.05, 3.63) is 24.0 Å². The largest absolute Gasteiger partial charge is 0.399 e. The molecule has 0 aliphatic heterocycles. The first kappa shape index (κ1) is 15.8. The standard InChI is InChI=1S/C16H24FN3O/c1-20(13-5-3-2-4-6-13)10-9-16(21)19-15-11-12(18)7-8-14(15)17/h7-8,11,13H,2-6,9-10,18H2,1H3,(H,19,21). The fourth-order valence-corrected chi connectivity index (χ4v) is 2.83. The lowest BCUT2D eigenvalue weighted by atomic mass is 9.94. The van der Waals surface area contributed by atoms with Gasteiger partial charge in [-0.05, 0) is 38.1 Å². The maximum atomic E-state index is 13.5. The molecule has 3 N–H and O–H groups in total. The summed E-state index contributed by atoms with van der Waals surface area (Å²) in [6.07, 6.45) is 6.65. The molecule has 4 nitrogen and oxygen atoms in total. The number of hydrogen-bond donors (Lipinski definition) is 2. The van der Waals surface area contributed by atoms with Crippen LogP contribution in [0.3, 0.4) is 0 Å². The average Bonchev–Trinajstić information content (AvgIpc) is 2.49. The first-order chi connectivity index (χ1) is 10.1. The number of rotatable bonds is 5. The smallest absolute Gasteiger partial charge is 0.225 e. The van der Waals surface area contributed by atoms with Gasteiger partial charge in [-0.2, -0.15) is 0 Å². The predicted molar refractivity (Wildman–Crippen MR) is 83.6 cm³/mol. The van der Waals surface area contributed by atoms with Crippen molar-refractivity contribution >= 4 is 17.3 Å². The molecule has 0 heterocycles. The zero-order valence-electron chi connectivity index (χ0n) is 12.6. The number of carbonyl (C=O) groups is 1. The van der Waals surface area contributed by atoms with E-state index in [9.17, 15) is 9.18 Å². The van der Waals surface area contributed by atoms with Crippen molar-refractivity contribution in [3.63, 3.8) is 0 Å². The number of benzene rings is 1. The van der Waals surface area contributed by atoms with Crippen LogP contribution in [0.5, 0.6) is 0 Å². The third kappa shape index (κ3) is 4.70. The summed E-state index contributed by atoms with van der Waals surface area (Å²) in [5.41, 5.74) is 6.19. The Morgan fingerprint density at radius 3 is 2.81 bits per heavy atom. The molecule has 0 unspecified atom stereocenters. The van der Waals surface area contributed by atoms with Crippen LogP contribution in [-0.2, 0) is 4.79 Å². The summed E-state index contributed by atoms with van der Waals surface area (Å²) >= 11 is 0. The van der Waals surface area contributed by atoms with Crippen LogP contribution in [0.15, 0.2) is 18.2 Å². The zero-order chi connectivity index (χ0) is 15.2. The average molecular weight is 293 g/mol. The van der Waals surface area contributed by atoms with Gasteiger partial charge in [0.05, 0.1) is 5.69 Å². The summed E-state index contributed by atoms with van der Waals surface area (Å²) < 4.78 is 13.5. The molecule has 1 amide bonds. The highest BCUT2D eigenvalue weighted by Gasteiger charge is 2.18. The normalized spacial score (nSPS) is 16.1. The summed E-state index contributed by atoms with van der Waals surface area (Å²) in [5, 5.41) is 2.59. The predicted octanol–water partition coefficient (Wildman–Crippen LogP) is 3.00. The first-order valence-corrected chi connectivity index (χ1v) is 7.61. The summed E-state index contributed by atoms with van der Waals surface area (Å²) in [4.78, 5) is 14.2. The van der Waals surface area contributed by atoms with E-state index in [1.165, 1.54) is 50.3 Å². The summed E-state index contributed by atoms with van der Waals surface area (Å²) in [5.74, 6) is -0.639. The van der Waals surface area contributed by atoms with Crippen LogP contribution in [0.25, 0.3) is 0 Å². The number of hydrogen-bond acceptors (Lipinski definition) is 3. The van der Waals surface area contributed by atoms with Gasteiger partial charge in [-0.15, -0.1) is 0 Å². The molecule has 1 aliphatic rings. The minimum atomic E-state index is -0.460. The molecule has 1 aromatic carbocycles. The third-order valence-corrected chi connectivity index (χ3v) is 4.15. The molecule has 0 radical (unpaired) electrons. The molecular weight excluding hydrogens is 269 g/mol. The number of nitrogens with zero attached hydrogens (tertiary/aromatic N) is 1. The van der Waals surface area contributed by atoms with E-state index in [1.807, 2.05) is 0 Å². The number of halogens is 1. The molecule has 2 rings (SSSR count). The second-order valence-electron chi connectivity index (χ2n) is 5.81. The highest BCUT2D eigenvalue weighted by molar-refractivity contribution is 5.91. The fraction of sp³-hybridized carbons (Fsp3) is 0.562. The molecule has 21 heavy (non-hydrogen) atoms. The van der Waals surface area contributed by atoms with Gasteiger partial charge in [0.25, 0.3) is 0 Å². The summed E-state index contributed by atoms with van der Waals surface area (Å²) in [6, 6.07) is 4.76. The van der Waals surface area contributed by atoms with E-state index in [0.717, 1.165) is 0 Å². The lowest BCUT2D eigenvalue weighted by Gasteiger charge is -2.30. The molecule has 0 atom stereocenters. The molecule has 1 aliphatic carbocycles. The van der Waals surface area contributed by atoms with Gasteiger partial charge >= 0.3 is 0 Å². The van der Waals surface area contributed by atoms with Gasteiger partial charge in [0.15, 0.2) is 0 Å². The van der Waals surface area contributed by atoms with Crippen molar-refractivity contribution in [1.29, 1.82) is 0 Å². The Morgan fingerprint density at radius 2 is 2.10 bits per heavy atom. The lowest BCUT2D eigenvalue weighted by molar-refractivity contribution is -0.116. The minimum absolute atomic E-state index is 0.153. The van der Waals surface area contributed by atoms with Crippen molar-refractivity contribution in [2.24, 2.45) is 0 Å². The van der Waals surface area contributed by atoms with Crippen LogP contribution < -0.4 is 11.1 Å². The van der Waals surface area contributed by atoms with Crippen LogP contribution in [0, 0.1) is 5.82 Å². The molecule has 1 saturated carbocycles. The molecule has 116 valence electrons. The molecule has 5 heteroatoms. The first-order valence-electron chi connectivity index (χ1n) is 7.61. The van der Waals surface area contributed by atoms with Gasteiger partial charge in [-0.25, -0.2) is 4.39 Å². The second-order valence-corrected chi connectivity index (χ2v) is 5.81. The Hall–Kier alpha value is -1.62. The van der Waals surface area contributed by atoms with Crippen LogP contribution in [0.1, 0.15) is 38.5 Å². The summed E-state index contributed by atoms with van der Waals surface area (Å²) in [6.45, 7) is 0.695. The maximum absolute atomic E-state index is 13.5. The van der Waals surface area contributed by atoms with Gasteiger partial charge in [-0.1, -0.05) is 19.3 Å². The number of carbonyl (C=O) groups excluding carboxylic acids is 1. The van der Waals surface area contributed by atoms with Crippen molar-refractivity contribution in [1.82, 2.24) is 4.90 Å². The number of nitrogen functional groups attached to an aromatic ring is 1. The van der Waals surface area contributed by atoms with Gasteiger partial charge in [0, 0.05) is 24.7 Å². The van der Waals surface area contributed by atoms with E-state index in [4.69, 9.17) is 5.73 Å². The fourth-order valence-electron chi connectivity index (χ4n) is 2.83. The molecule has 1 aromatic rings. The van der Waals surface area contributed by atoms with Crippen molar-refractivity contribution in [3.8, 4) is 0 Å². The Bertz CT molecular complexity index is 486. The van der Waals surface area contributed by atoms with Gasteiger partial charge < -0.3 is 16.0 Å². The van der Waals surface area contributed by atoms with Crippen molar-refractivity contribution in [2.75, 3.05) is 24.6 Å². The van der Waals surface area contributed by atoms with Crippen LogP contribution >= 0.6 is 0 Å². The number of amides is 1. The monoisotopic (exact) mass is 293 g/mol.